The molecular weight excluding hydrogens is 338 g/mol. The normalized spacial score (nSPS) is 32.5. The van der Waals surface area contributed by atoms with Gasteiger partial charge in [0.05, 0.1) is 24.0 Å². The minimum absolute atomic E-state index is 0.0618. The van der Waals surface area contributed by atoms with E-state index < -0.39 is 18.0 Å². The highest BCUT2D eigenvalue weighted by Crippen LogP contribution is 2.47. The van der Waals surface area contributed by atoms with E-state index in [1.54, 1.807) is 25.9 Å². The number of hydrogen-bond acceptors (Lipinski definition) is 5. The van der Waals surface area contributed by atoms with Crippen LogP contribution in [0.3, 0.4) is 0 Å². The third-order valence-electron chi connectivity index (χ3n) is 5.97. The van der Waals surface area contributed by atoms with E-state index in [-0.39, 0.29) is 35.4 Å². The van der Waals surface area contributed by atoms with Gasteiger partial charge in [0.15, 0.2) is 0 Å². The Morgan fingerprint density at radius 3 is 2.54 bits per heavy atom. The maximum absolute atomic E-state index is 12.3. The van der Waals surface area contributed by atoms with Crippen molar-refractivity contribution in [2.24, 2.45) is 17.8 Å². The molecule has 2 N–H and O–H groups in total. The topological polar surface area (TPSA) is 101 Å². The Kier molecular flexibility index (Phi) is 4.83. The highest BCUT2D eigenvalue weighted by Gasteiger charge is 2.59. The van der Waals surface area contributed by atoms with Gasteiger partial charge in [0.25, 0.3) is 0 Å². The second-order valence-corrected chi connectivity index (χ2v) is 7.89. The van der Waals surface area contributed by atoms with Gasteiger partial charge in [0.1, 0.15) is 5.70 Å². The fourth-order valence-electron chi connectivity index (χ4n) is 4.64. The number of aliphatic hydroxyl groups excluding tert-OH is 1. The van der Waals surface area contributed by atoms with Gasteiger partial charge in [-0.15, -0.1) is 0 Å². The number of nitrogens with zero attached hydrogens (tertiary/aromatic N) is 3. The summed E-state index contributed by atoms with van der Waals surface area (Å²) in [5.41, 5.74) is 0.781. The molecule has 0 aromatic carbocycles. The van der Waals surface area contributed by atoms with E-state index in [9.17, 15) is 24.6 Å². The third kappa shape index (κ3) is 2.81. The Hall–Kier alpha value is -1.93. The molecule has 3 aliphatic rings. The van der Waals surface area contributed by atoms with Crippen molar-refractivity contribution in [3.05, 3.63) is 11.3 Å². The fraction of sp³-hybridized carbons (Fsp3) is 0.722. The van der Waals surface area contributed by atoms with Crippen LogP contribution in [0.5, 0.6) is 0 Å². The van der Waals surface area contributed by atoms with E-state index in [4.69, 9.17) is 0 Å². The molecule has 2 amide bonds. The smallest absolute Gasteiger partial charge is 0.352 e. The molecule has 2 saturated heterocycles. The van der Waals surface area contributed by atoms with E-state index in [0.29, 0.717) is 13.1 Å². The van der Waals surface area contributed by atoms with Crippen LogP contribution < -0.4 is 0 Å². The van der Waals surface area contributed by atoms with Crippen LogP contribution in [0, 0.1) is 17.8 Å². The van der Waals surface area contributed by atoms with Crippen molar-refractivity contribution >= 4 is 17.8 Å². The summed E-state index contributed by atoms with van der Waals surface area (Å²) in [4.78, 5) is 41.3. The molecule has 2 unspecified atom stereocenters. The molecule has 3 rings (SSSR count). The van der Waals surface area contributed by atoms with Crippen molar-refractivity contribution in [3.8, 4) is 0 Å². The maximum atomic E-state index is 12.3. The van der Waals surface area contributed by atoms with Crippen molar-refractivity contribution < 1.29 is 24.6 Å². The minimum atomic E-state index is -1.10. The van der Waals surface area contributed by atoms with Gasteiger partial charge < -0.3 is 20.0 Å². The molecule has 0 aliphatic carbocycles. The predicted octanol–water partition coefficient (Wildman–Crippen LogP) is -0.407. The first-order chi connectivity index (χ1) is 12.1. The molecule has 0 aromatic rings. The molecular formula is C18H27N3O5. The summed E-state index contributed by atoms with van der Waals surface area (Å²) < 4.78 is 0. The molecule has 0 spiro atoms. The average molecular weight is 365 g/mol. The molecule has 3 heterocycles. The Balaban J connectivity index is 1.78. The Labute approximate surface area is 153 Å². The van der Waals surface area contributed by atoms with Crippen molar-refractivity contribution in [1.82, 2.24) is 14.7 Å². The van der Waals surface area contributed by atoms with Crippen LogP contribution >= 0.6 is 0 Å². The van der Waals surface area contributed by atoms with Gasteiger partial charge in [-0.3, -0.25) is 14.5 Å². The zero-order valence-electron chi connectivity index (χ0n) is 15.7. The van der Waals surface area contributed by atoms with Crippen LogP contribution in [-0.2, 0) is 14.4 Å². The number of hydrogen-bond donors (Lipinski definition) is 2. The standard InChI is InChI=1S/C18H27N3O5/c1-9-12(8-20-6-5-11(7-20)16(23)19(3)4)15(18(25)26)21-14(9)13(10(2)22)17(21)24/h9-11,13-14,22H,5-8H2,1-4H3,(H,25,26)/t9-,10+,11-,13?,14?/m0/s1. The molecule has 0 bridgehead atoms. The Bertz CT molecular complexity index is 672. The summed E-state index contributed by atoms with van der Waals surface area (Å²) in [5.74, 6) is -2.06. The van der Waals surface area contributed by atoms with E-state index in [1.807, 2.05) is 6.92 Å². The minimum Gasteiger partial charge on any atom is -0.477 e. The van der Waals surface area contributed by atoms with Crippen LogP contribution in [0.15, 0.2) is 11.3 Å². The molecule has 2 fully saturated rings. The summed E-state index contributed by atoms with van der Waals surface area (Å²) in [7, 11) is 3.48. The summed E-state index contributed by atoms with van der Waals surface area (Å²) in [6.07, 6.45) is -0.0434. The number of carbonyl (C=O) groups is 3. The average Bonchev–Trinajstić information content (AvgIpc) is 3.09. The first kappa shape index (κ1) is 18.8. The Morgan fingerprint density at radius 2 is 2.00 bits per heavy atom. The highest BCUT2D eigenvalue weighted by molar-refractivity contribution is 6.00. The lowest BCUT2D eigenvalue weighted by molar-refractivity contribution is -0.163. The largest absolute Gasteiger partial charge is 0.477 e. The molecule has 8 heteroatoms. The number of rotatable bonds is 5. The molecule has 3 aliphatic heterocycles. The van der Waals surface area contributed by atoms with Crippen molar-refractivity contribution in [1.29, 1.82) is 0 Å². The second-order valence-electron chi connectivity index (χ2n) is 7.89. The van der Waals surface area contributed by atoms with Gasteiger partial charge in [0, 0.05) is 33.1 Å². The zero-order valence-corrected chi connectivity index (χ0v) is 15.7. The third-order valence-corrected chi connectivity index (χ3v) is 5.97. The van der Waals surface area contributed by atoms with Crippen molar-refractivity contribution in [2.45, 2.75) is 32.4 Å². The number of fused-ring (bicyclic) bond motifs is 1. The number of aliphatic hydroxyl groups is 1. The SMILES string of the molecule is C[C@@H](O)C1C(=O)N2C(C(=O)O)=C(CN3CC[C@H](C(=O)N(C)C)C3)[C@H](C)C12. The van der Waals surface area contributed by atoms with E-state index in [0.717, 1.165) is 18.5 Å². The van der Waals surface area contributed by atoms with Gasteiger partial charge in [0.2, 0.25) is 11.8 Å². The summed E-state index contributed by atoms with van der Waals surface area (Å²) in [6, 6.07) is -0.287. The number of likely N-dealkylation sites (tertiary alicyclic amines) is 1. The molecule has 0 aromatic heterocycles. The first-order valence-electron chi connectivity index (χ1n) is 9.06. The molecule has 8 nitrogen and oxygen atoms in total. The lowest BCUT2D eigenvalue weighted by atomic mass is 9.77. The van der Waals surface area contributed by atoms with Gasteiger partial charge >= 0.3 is 5.97 Å². The second kappa shape index (κ2) is 6.66. The van der Waals surface area contributed by atoms with Crippen molar-refractivity contribution in [2.75, 3.05) is 33.7 Å². The lowest BCUT2D eigenvalue weighted by Crippen LogP contribution is -2.63. The van der Waals surface area contributed by atoms with Crippen LogP contribution in [-0.4, -0.2) is 88.6 Å². The molecule has 26 heavy (non-hydrogen) atoms. The van der Waals surface area contributed by atoms with E-state index in [1.165, 1.54) is 4.90 Å². The predicted molar refractivity (Wildman–Crippen MR) is 92.9 cm³/mol. The Morgan fingerprint density at radius 1 is 1.35 bits per heavy atom. The van der Waals surface area contributed by atoms with Gasteiger partial charge in [-0.2, -0.15) is 0 Å². The molecule has 0 saturated carbocycles. The fourth-order valence-corrected chi connectivity index (χ4v) is 4.64. The number of carboxylic acids is 1. The monoisotopic (exact) mass is 365 g/mol. The maximum Gasteiger partial charge on any atom is 0.352 e. The molecule has 144 valence electrons. The first-order valence-corrected chi connectivity index (χ1v) is 9.06. The van der Waals surface area contributed by atoms with Crippen LogP contribution in [0.4, 0.5) is 0 Å². The zero-order chi connectivity index (χ0) is 19.3. The number of carbonyl (C=O) groups excluding carboxylic acids is 2. The van der Waals surface area contributed by atoms with Crippen LogP contribution in [0.2, 0.25) is 0 Å². The van der Waals surface area contributed by atoms with Gasteiger partial charge in [-0.25, -0.2) is 4.79 Å². The summed E-state index contributed by atoms with van der Waals surface area (Å²) in [6.45, 7) is 5.25. The number of aliphatic carboxylic acids is 1. The number of carboxylic acid groups (broad SMARTS) is 1. The highest BCUT2D eigenvalue weighted by atomic mass is 16.4. The van der Waals surface area contributed by atoms with Crippen LogP contribution in [0.1, 0.15) is 20.3 Å². The molecule has 0 radical (unpaired) electrons. The van der Waals surface area contributed by atoms with Crippen LogP contribution in [0.25, 0.3) is 0 Å². The lowest BCUT2D eigenvalue weighted by Gasteiger charge is -2.46. The quantitative estimate of drug-likeness (QED) is 0.643. The number of β-lactam (4-membered cyclic amide) rings is 1. The van der Waals surface area contributed by atoms with E-state index >= 15 is 0 Å². The van der Waals surface area contributed by atoms with E-state index in [2.05, 4.69) is 4.90 Å². The number of amides is 2. The summed E-state index contributed by atoms with van der Waals surface area (Å²) in [5, 5.41) is 19.5. The van der Waals surface area contributed by atoms with Gasteiger partial charge in [-0.05, 0) is 25.5 Å². The summed E-state index contributed by atoms with van der Waals surface area (Å²) >= 11 is 0. The molecule has 5 atom stereocenters. The van der Waals surface area contributed by atoms with Gasteiger partial charge in [-0.1, -0.05) is 6.92 Å². The van der Waals surface area contributed by atoms with Crippen molar-refractivity contribution in [3.63, 3.8) is 0 Å².